The standard InChI is InChI=1S/C16H24BNO2S/c1-15(2)16(3,4)20-17(19-15)14(11-21)9-12-7-5-6-8-13(12)10-18/h5-9,21H,10-11,18H2,1-4H3. The molecule has 1 aliphatic heterocycles. The lowest BCUT2D eigenvalue weighted by Gasteiger charge is -2.32. The third-order valence-electron chi connectivity index (χ3n) is 4.35. The number of thiol groups is 1. The summed E-state index contributed by atoms with van der Waals surface area (Å²) >= 11 is 4.44. The molecule has 3 nitrogen and oxygen atoms in total. The highest BCUT2D eigenvalue weighted by Gasteiger charge is 2.52. The van der Waals surface area contributed by atoms with Crippen LogP contribution in [0.4, 0.5) is 0 Å². The molecule has 1 heterocycles. The van der Waals surface area contributed by atoms with Crippen LogP contribution in [-0.4, -0.2) is 24.1 Å². The molecule has 0 bridgehead atoms. The first-order valence-corrected chi connectivity index (χ1v) is 7.89. The number of nitrogens with two attached hydrogens (primary N) is 1. The van der Waals surface area contributed by atoms with Gasteiger partial charge in [0.15, 0.2) is 0 Å². The van der Waals surface area contributed by atoms with Crippen LogP contribution in [0.1, 0.15) is 38.8 Å². The van der Waals surface area contributed by atoms with E-state index >= 15 is 0 Å². The Morgan fingerprint density at radius 1 is 1.19 bits per heavy atom. The van der Waals surface area contributed by atoms with Crippen LogP contribution in [0, 0.1) is 0 Å². The van der Waals surface area contributed by atoms with Crippen LogP contribution in [0.15, 0.2) is 29.7 Å². The smallest absolute Gasteiger partial charge is 0.400 e. The van der Waals surface area contributed by atoms with E-state index in [9.17, 15) is 0 Å². The Kier molecular flexibility index (Phi) is 4.88. The van der Waals surface area contributed by atoms with E-state index < -0.39 is 0 Å². The molecule has 21 heavy (non-hydrogen) atoms. The third-order valence-corrected chi connectivity index (χ3v) is 4.72. The molecule has 0 unspecified atom stereocenters. The van der Waals surface area contributed by atoms with Gasteiger partial charge in [-0.2, -0.15) is 12.6 Å². The Hall–Kier alpha value is -0.745. The van der Waals surface area contributed by atoms with Gasteiger partial charge >= 0.3 is 7.12 Å². The molecule has 2 rings (SSSR count). The van der Waals surface area contributed by atoms with Crippen LogP contribution in [0.25, 0.3) is 6.08 Å². The number of hydrogen-bond acceptors (Lipinski definition) is 4. The van der Waals surface area contributed by atoms with Gasteiger partial charge in [0, 0.05) is 12.3 Å². The van der Waals surface area contributed by atoms with E-state index in [0.717, 1.165) is 16.6 Å². The molecule has 2 N–H and O–H groups in total. The van der Waals surface area contributed by atoms with Crippen LogP contribution < -0.4 is 5.73 Å². The fourth-order valence-electron chi connectivity index (χ4n) is 2.24. The zero-order chi connectivity index (χ0) is 15.7. The van der Waals surface area contributed by atoms with Crippen molar-refractivity contribution in [2.45, 2.75) is 45.4 Å². The van der Waals surface area contributed by atoms with Crippen molar-refractivity contribution in [2.75, 3.05) is 5.75 Å². The van der Waals surface area contributed by atoms with Gasteiger partial charge in [0.25, 0.3) is 0 Å². The summed E-state index contributed by atoms with van der Waals surface area (Å²) in [6.07, 6.45) is 2.08. The van der Waals surface area contributed by atoms with Gasteiger partial charge in [-0.3, -0.25) is 0 Å². The molecule has 0 spiro atoms. The zero-order valence-corrected chi connectivity index (χ0v) is 14.1. The van der Waals surface area contributed by atoms with Gasteiger partial charge < -0.3 is 15.0 Å². The Morgan fingerprint density at radius 2 is 1.76 bits per heavy atom. The maximum atomic E-state index is 6.09. The second-order valence-electron chi connectivity index (χ2n) is 6.37. The lowest BCUT2D eigenvalue weighted by atomic mass is 9.78. The van der Waals surface area contributed by atoms with E-state index in [2.05, 4.69) is 52.5 Å². The molecule has 114 valence electrons. The van der Waals surface area contributed by atoms with Crippen molar-refractivity contribution in [3.05, 3.63) is 40.9 Å². The first-order valence-electron chi connectivity index (χ1n) is 7.25. The Labute approximate surface area is 133 Å². The summed E-state index contributed by atoms with van der Waals surface area (Å²) < 4.78 is 12.2. The van der Waals surface area contributed by atoms with Gasteiger partial charge in [-0.25, -0.2) is 0 Å². The lowest BCUT2D eigenvalue weighted by molar-refractivity contribution is 0.00578. The molecule has 5 heteroatoms. The van der Waals surface area contributed by atoms with E-state index in [0.29, 0.717) is 12.3 Å². The predicted molar refractivity (Wildman–Crippen MR) is 92.2 cm³/mol. The molecule has 1 aliphatic rings. The number of hydrogen-bond donors (Lipinski definition) is 2. The molecule has 1 aromatic rings. The first kappa shape index (κ1) is 16.6. The zero-order valence-electron chi connectivity index (χ0n) is 13.2. The minimum absolute atomic E-state index is 0.340. The number of rotatable bonds is 4. The maximum Gasteiger partial charge on any atom is 0.491 e. The fourth-order valence-corrected chi connectivity index (χ4v) is 2.48. The normalized spacial score (nSPS) is 20.9. The maximum absolute atomic E-state index is 6.09. The van der Waals surface area contributed by atoms with Crippen LogP contribution in [0.5, 0.6) is 0 Å². The van der Waals surface area contributed by atoms with Gasteiger partial charge in [-0.05, 0) is 44.3 Å². The molecule has 1 saturated heterocycles. The van der Waals surface area contributed by atoms with E-state index in [-0.39, 0.29) is 18.3 Å². The topological polar surface area (TPSA) is 44.5 Å². The van der Waals surface area contributed by atoms with Crippen molar-refractivity contribution >= 4 is 25.8 Å². The van der Waals surface area contributed by atoms with Gasteiger partial charge in [0.05, 0.1) is 11.2 Å². The molecular formula is C16H24BNO2S. The quantitative estimate of drug-likeness (QED) is 0.664. The minimum atomic E-state index is -0.363. The van der Waals surface area contributed by atoms with Crippen molar-refractivity contribution in [2.24, 2.45) is 5.73 Å². The monoisotopic (exact) mass is 305 g/mol. The van der Waals surface area contributed by atoms with Gasteiger partial charge in [0.2, 0.25) is 0 Å². The van der Waals surface area contributed by atoms with Crippen LogP contribution in [-0.2, 0) is 15.9 Å². The predicted octanol–water partition coefficient (Wildman–Crippen LogP) is 3.09. The summed E-state index contributed by atoms with van der Waals surface area (Å²) in [5.41, 5.74) is 8.33. The van der Waals surface area contributed by atoms with E-state index in [1.165, 1.54) is 0 Å². The van der Waals surface area contributed by atoms with Crippen molar-refractivity contribution < 1.29 is 9.31 Å². The van der Waals surface area contributed by atoms with Crippen LogP contribution >= 0.6 is 12.6 Å². The summed E-state index contributed by atoms with van der Waals surface area (Å²) in [7, 11) is -0.363. The number of benzene rings is 1. The SMILES string of the molecule is CC1(C)OB(C(=Cc2ccccc2CN)CS)OC1(C)C. The van der Waals surface area contributed by atoms with Gasteiger partial charge in [-0.1, -0.05) is 30.3 Å². The Balaban J connectivity index is 2.31. The van der Waals surface area contributed by atoms with Gasteiger partial charge in [-0.15, -0.1) is 0 Å². The molecule has 1 fully saturated rings. The summed E-state index contributed by atoms with van der Waals surface area (Å²) in [5, 5.41) is 0. The van der Waals surface area contributed by atoms with Gasteiger partial charge in [0.1, 0.15) is 0 Å². The summed E-state index contributed by atoms with van der Waals surface area (Å²) in [6.45, 7) is 8.72. The minimum Gasteiger partial charge on any atom is -0.400 e. The molecule has 0 atom stereocenters. The van der Waals surface area contributed by atoms with Crippen molar-refractivity contribution in [3.8, 4) is 0 Å². The first-order chi connectivity index (χ1) is 9.80. The van der Waals surface area contributed by atoms with Crippen LogP contribution in [0.3, 0.4) is 0 Å². The van der Waals surface area contributed by atoms with E-state index in [1.54, 1.807) is 0 Å². The molecule has 0 amide bonds. The summed E-state index contributed by atoms with van der Waals surface area (Å²) in [5.74, 6) is 0.579. The molecule has 1 aromatic carbocycles. The second-order valence-corrected chi connectivity index (χ2v) is 6.68. The van der Waals surface area contributed by atoms with Crippen molar-refractivity contribution in [1.82, 2.24) is 0 Å². The van der Waals surface area contributed by atoms with E-state index in [4.69, 9.17) is 15.0 Å². The van der Waals surface area contributed by atoms with E-state index in [1.807, 2.05) is 18.2 Å². The highest BCUT2D eigenvalue weighted by molar-refractivity contribution is 7.80. The highest BCUT2D eigenvalue weighted by atomic mass is 32.1. The van der Waals surface area contributed by atoms with Crippen molar-refractivity contribution in [1.29, 1.82) is 0 Å². The third kappa shape index (κ3) is 3.37. The van der Waals surface area contributed by atoms with Crippen molar-refractivity contribution in [3.63, 3.8) is 0 Å². The molecular weight excluding hydrogens is 281 g/mol. The summed E-state index contributed by atoms with van der Waals surface area (Å²) in [4.78, 5) is 0. The molecule has 0 aliphatic carbocycles. The average Bonchev–Trinajstić information content (AvgIpc) is 2.65. The largest absolute Gasteiger partial charge is 0.491 e. The molecule has 0 saturated carbocycles. The second kappa shape index (κ2) is 6.17. The summed E-state index contributed by atoms with van der Waals surface area (Å²) in [6, 6.07) is 8.09. The average molecular weight is 305 g/mol. The highest BCUT2D eigenvalue weighted by Crippen LogP contribution is 2.39. The molecule has 0 aromatic heterocycles. The lowest BCUT2D eigenvalue weighted by Crippen LogP contribution is -2.41. The van der Waals surface area contributed by atoms with Crippen LogP contribution in [0.2, 0.25) is 0 Å². The Morgan fingerprint density at radius 3 is 2.29 bits per heavy atom. The molecule has 0 radical (unpaired) electrons. The fraction of sp³-hybridized carbons (Fsp3) is 0.500. The Bertz CT molecular complexity index is 527.